The highest BCUT2D eigenvalue weighted by Gasteiger charge is 2.40. The number of ether oxygens (including phenoxy) is 2. The van der Waals surface area contributed by atoms with Crippen molar-refractivity contribution in [1.82, 2.24) is 14.8 Å². The Hall–Kier alpha value is -3.30. The zero-order valence-electron chi connectivity index (χ0n) is 18.9. The molecule has 7 nitrogen and oxygen atoms in total. The molecule has 1 aliphatic carbocycles. The van der Waals surface area contributed by atoms with Crippen molar-refractivity contribution in [3.05, 3.63) is 55.1 Å². The third-order valence-electron chi connectivity index (χ3n) is 5.81. The van der Waals surface area contributed by atoms with Gasteiger partial charge in [-0.3, -0.25) is 5.32 Å². The molecule has 0 radical (unpaired) electrons. The number of carbonyl (C=O) groups is 1. The second-order valence-electron chi connectivity index (χ2n) is 8.80. The van der Waals surface area contributed by atoms with Crippen molar-refractivity contribution in [1.29, 1.82) is 0 Å². The van der Waals surface area contributed by atoms with Gasteiger partial charge in [0, 0.05) is 17.7 Å². The molecular formula is C23H27F3N4O3. The van der Waals surface area contributed by atoms with Gasteiger partial charge < -0.3 is 9.47 Å². The smallest absolute Gasteiger partial charge is 0.439 e. The Labute approximate surface area is 190 Å². The number of nitrogens with one attached hydrogen (secondary N) is 1. The molecule has 1 N–H and O–H groups in total. The molecular weight excluding hydrogens is 437 g/mol. The Morgan fingerprint density at radius 1 is 1.30 bits per heavy atom. The first-order chi connectivity index (χ1) is 15.3. The van der Waals surface area contributed by atoms with Crippen LogP contribution in [0.1, 0.15) is 40.5 Å². The summed E-state index contributed by atoms with van der Waals surface area (Å²) >= 11 is 0. The van der Waals surface area contributed by atoms with E-state index < -0.39 is 23.6 Å². The lowest BCUT2D eigenvalue weighted by molar-refractivity contribution is -0.307. The molecule has 0 bridgehead atoms. The van der Waals surface area contributed by atoms with E-state index in [4.69, 9.17) is 4.74 Å². The molecule has 0 saturated heterocycles. The summed E-state index contributed by atoms with van der Waals surface area (Å²) in [5.74, 6) is 0.226. The number of halogens is 3. The number of alkyl halides is 3. The summed E-state index contributed by atoms with van der Waals surface area (Å²) in [6.07, 6.45) is -0.252. The van der Waals surface area contributed by atoms with Crippen LogP contribution in [0.2, 0.25) is 0 Å². The lowest BCUT2D eigenvalue weighted by Gasteiger charge is -2.38. The first-order valence-corrected chi connectivity index (χ1v) is 10.4. The summed E-state index contributed by atoms with van der Waals surface area (Å²) in [4.78, 5) is 16.4. The number of carbonyl (C=O) groups excluding carboxylic acids is 1. The number of amides is 1. The molecule has 33 heavy (non-hydrogen) atoms. The predicted octanol–water partition coefficient (Wildman–Crippen LogP) is 6.02. The van der Waals surface area contributed by atoms with Gasteiger partial charge >= 0.3 is 12.5 Å². The van der Waals surface area contributed by atoms with Gasteiger partial charge in [-0.05, 0) is 69.5 Å². The van der Waals surface area contributed by atoms with Crippen molar-refractivity contribution < 1.29 is 27.4 Å². The SMILES string of the molecule is C=CC(C)(C)OC(=O)Nc1ccc(-c2ncn(C3(C)CC=C(OC(F)(F)F)CC3C)n2)cc1. The van der Waals surface area contributed by atoms with E-state index in [0.29, 0.717) is 17.9 Å². The van der Waals surface area contributed by atoms with Crippen LogP contribution in [0.15, 0.2) is 55.1 Å². The molecule has 1 heterocycles. The van der Waals surface area contributed by atoms with E-state index in [1.165, 1.54) is 12.2 Å². The first-order valence-electron chi connectivity index (χ1n) is 10.4. The van der Waals surface area contributed by atoms with Gasteiger partial charge in [0.25, 0.3) is 0 Å². The van der Waals surface area contributed by atoms with Gasteiger partial charge in [0.05, 0.1) is 5.54 Å². The van der Waals surface area contributed by atoms with Crippen LogP contribution in [-0.4, -0.2) is 32.8 Å². The minimum atomic E-state index is -4.70. The molecule has 178 valence electrons. The largest absolute Gasteiger partial charge is 0.572 e. The minimum Gasteiger partial charge on any atom is -0.439 e. The normalized spacial score (nSPS) is 21.2. The van der Waals surface area contributed by atoms with Gasteiger partial charge in [-0.1, -0.05) is 13.5 Å². The van der Waals surface area contributed by atoms with Crippen molar-refractivity contribution >= 4 is 11.8 Å². The molecule has 1 amide bonds. The highest BCUT2D eigenvalue weighted by molar-refractivity contribution is 5.85. The molecule has 10 heteroatoms. The second kappa shape index (κ2) is 8.92. The predicted molar refractivity (Wildman–Crippen MR) is 117 cm³/mol. The standard InChI is InChI=1S/C23H27F3N4O3/c1-6-21(3,4)33-20(31)28-17-9-7-16(8-10-17)19-27-14-30(29-19)22(5)12-11-18(13-15(22)2)32-23(24,25)26/h6-11,14-15H,1,12-13H2,2-5H3,(H,28,31). The van der Waals surface area contributed by atoms with Crippen LogP contribution >= 0.6 is 0 Å². The number of benzene rings is 1. The van der Waals surface area contributed by atoms with E-state index in [1.807, 2.05) is 13.8 Å². The number of hydrogen-bond acceptors (Lipinski definition) is 5. The molecule has 0 spiro atoms. The van der Waals surface area contributed by atoms with E-state index in [-0.39, 0.29) is 18.1 Å². The number of aromatic nitrogens is 3. The zero-order chi connectivity index (χ0) is 24.4. The molecule has 1 aliphatic rings. The average Bonchev–Trinajstić information content (AvgIpc) is 3.21. The highest BCUT2D eigenvalue weighted by atomic mass is 19.4. The van der Waals surface area contributed by atoms with Crippen molar-refractivity contribution in [3.63, 3.8) is 0 Å². The third-order valence-corrected chi connectivity index (χ3v) is 5.81. The van der Waals surface area contributed by atoms with Gasteiger partial charge in [0.2, 0.25) is 0 Å². The molecule has 1 aromatic carbocycles. The highest BCUT2D eigenvalue weighted by Crippen LogP contribution is 2.40. The van der Waals surface area contributed by atoms with Gasteiger partial charge in [-0.15, -0.1) is 13.2 Å². The van der Waals surface area contributed by atoms with Gasteiger partial charge in [0.15, 0.2) is 5.82 Å². The van der Waals surface area contributed by atoms with Crippen molar-refractivity contribution in [3.8, 4) is 11.4 Å². The van der Waals surface area contributed by atoms with Crippen LogP contribution in [0.4, 0.5) is 23.7 Å². The molecule has 1 aromatic heterocycles. The fourth-order valence-electron chi connectivity index (χ4n) is 3.45. The van der Waals surface area contributed by atoms with E-state index in [2.05, 4.69) is 26.7 Å². The molecule has 3 rings (SSSR count). The zero-order valence-corrected chi connectivity index (χ0v) is 18.9. The number of rotatable bonds is 6. The summed E-state index contributed by atoms with van der Waals surface area (Å²) < 4.78 is 48.7. The summed E-state index contributed by atoms with van der Waals surface area (Å²) in [6.45, 7) is 10.9. The molecule has 2 unspecified atom stereocenters. The molecule has 2 atom stereocenters. The number of nitrogens with zero attached hydrogens (tertiary/aromatic N) is 3. The van der Waals surface area contributed by atoms with Crippen LogP contribution in [0.3, 0.4) is 0 Å². The number of allylic oxidation sites excluding steroid dienone is 2. The topological polar surface area (TPSA) is 78.3 Å². The van der Waals surface area contributed by atoms with Crippen molar-refractivity contribution in [2.24, 2.45) is 5.92 Å². The van der Waals surface area contributed by atoms with E-state index in [9.17, 15) is 18.0 Å². The quantitative estimate of drug-likeness (QED) is 0.529. The van der Waals surface area contributed by atoms with Gasteiger partial charge in [0.1, 0.15) is 17.7 Å². The lowest BCUT2D eigenvalue weighted by Crippen LogP contribution is -2.40. The Kier molecular flexibility index (Phi) is 6.58. The summed E-state index contributed by atoms with van der Waals surface area (Å²) in [5, 5.41) is 7.21. The van der Waals surface area contributed by atoms with Crippen LogP contribution < -0.4 is 5.32 Å². The van der Waals surface area contributed by atoms with Crippen LogP contribution in [0, 0.1) is 5.92 Å². The monoisotopic (exact) mass is 464 g/mol. The van der Waals surface area contributed by atoms with Crippen LogP contribution in [-0.2, 0) is 15.0 Å². The first kappa shape index (κ1) is 24.3. The molecule has 0 fully saturated rings. The number of hydrogen-bond donors (Lipinski definition) is 1. The van der Waals surface area contributed by atoms with Gasteiger partial charge in [-0.2, -0.15) is 5.10 Å². The lowest BCUT2D eigenvalue weighted by atomic mass is 9.78. The average molecular weight is 464 g/mol. The fraction of sp³-hybridized carbons (Fsp3) is 0.435. The van der Waals surface area contributed by atoms with Crippen molar-refractivity contribution in [2.75, 3.05) is 5.32 Å². The van der Waals surface area contributed by atoms with E-state index in [0.717, 1.165) is 5.56 Å². The molecule has 0 aliphatic heterocycles. The fourth-order valence-corrected chi connectivity index (χ4v) is 3.45. The summed E-state index contributed by atoms with van der Waals surface area (Å²) in [6, 6.07) is 6.92. The summed E-state index contributed by atoms with van der Waals surface area (Å²) in [5.41, 5.74) is -0.0736. The molecule has 0 saturated carbocycles. The van der Waals surface area contributed by atoms with Crippen LogP contribution in [0.25, 0.3) is 11.4 Å². The maximum absolute atomic E-state index is 12.5. The number of anilines is 1. The van der Waals surface area contributed by atoms with E-state index in [1.54, 1.807) is 49.1 Å². The van der Waals surface area contributed by atoms with Crippen LogP contribution in [0.5, 0.6) is 0 Å². The third kappa shape index (κ3) is 5.94. The summed E-state index contributed by atoms with van der Waals surface area (Å²) in [7, 11) is 0. The Bertz CT molecular complexity index is 1040. The maximum Gasteiger partial charge on any atom is 0.572 e. The second-order valence-corrected chi connectivity index (χ2v) is 8.80. The van der Waals surface area contributed by atoms with Gasteiger partial charge in [-0.25, -0.2) is 14.5 Å². The minimum absolute atomic E-state index is 0.0779. The van der Waals surface area contributed by atoms with E-state index >= 15 is 0 Å². The van der Waals surface area contributed by atoms with Crippen molar-refractivity contribution in [2.45, 2.75) is 58.0 Å². The Morgan fingerprint density at radius 2 is 1.97 bits per heavy atom. The Balaban J connectivity index is 1.70. The molecule has 2 aromatic rings. The Morgan fingerprint density at radius 3 is 2.55 bits per heavy atom. The maximum atomic E-state index is 12.5.